The van der Waals surface area contributed by atoms with Crippen molar-refractivity contribution < 1.29 is 9.90 Å². The van der Waals surface area contributed by atoms with Gasteiger partial charge in [0, 0.05) is 6.04 Å². The molecule has 1 aliphatic rings. The molecule has 0 aliphatic carbocycles. The van der Waals surface area contributed by atoms with Crippen LogP contribution in [0.3, 0.4) is 0 Å². The molecule has 1 unspecified atom stereocenters. The van der Waals surface area contributed by atoms with Crippen molar-refractivity contribution in [2.75, 3.05) is 6.54 Å². The molecule has 0 aromatic heterocycles. The Bertz CT molecular complexity index is 171. The van der Waals surface area contributed by atoms with Crippen LogP contribution in [0.25, 0.3) is 0 Å². The van der Waals surface area contributed by atoms with E-state index in [4.69, 9.17) is 5.11 Å². The van der Waals surface area contributed by atoms with E-state index < -0.39 is 5.97 Å². The van der Waals surface area contributed by atoms with E-state index in [9.17, 15) is 4.79 Å². The second-order valence-electron chi connectivity index (χ2n) is 3.08. The van der Waals surface area contributed by atoms with Crippen LogP contribution in [0.5, 0.6) is 0 Å². The van der Waals surface area contributed by atoms with Crippen LogP contribution in [0.15, 0.2) is 12.2 Å². The second-order valence-corrected chi connectivity index (χ2v) is 3.08. The number of carboxylic acid groups (broad SMARTS) is 1. The van der Waals surface area contributed by atoms with Crippen molar-refractivity contribution in [1.29, 1.82) is 0 Å². The SMILES string of the molecule is O=C(O)C/C=C\C1CCCCN1. The molecule has 1 atom stereocenters. The Hall–Kier alpha value is -0.830. The summed E-state index contributed by atoms with van der Waals surface area (Å²) in [5.74, 6) is -0.762. The Morgan fingerprint density at radius 3 is 3.00 bits per heavy atom. The predicted molar refractivity (Wildman–Crippen MR) is 47.0 cm³/mol. The first-order valence-corrected chi connectivity index (χ1v) is 4.41. The van der Waals surface area contributed by atoms with Crippen molar-refractivity contribution in [3.05, 3.63) is 12.2 Å². The molecule has 3 nitrogen and oxygen atoms in total. The summed E-state index contributed by atoms with van der Waals surface area (Å²) in [6.07, 6.45) is 7.45. The van der Waals surface area contributed by atoms with E-state index in [0.717, 1.165) is 13.0 Å². The standard InChI is InChI=1S/C9H15NO2/c11-9(12)6-3-5-8-4-1-2-7-10-8/h3,5,8,10H,1-2,4,6-7H2,(H,11,12)/b5-3-. The fraction of sp³-hybridized carbons (Fsp3) is 0.667. The van der Waals surface area contributed by atoms with Gasteiger partial charge in [0.05, 0.1) is 6.42 Å². The Balaban J connectivity index is 2.19. The minimum atomic E-state index is -0.762. The average Bonchev–Trinajstić information content (AvgIpc) is 2.05. The lowest BCUT2D eigenvalue weighted by Gasteiger charge is -2.19. The molecule has 68 valence electrons. The first kappa shape index (κ1) is 9.26. The van der Waals surface area contributed by atoms with Gasteiger partial charge in [0.15, 0.2) is 0 Å². The highest BCUT2D eigenvalue weighted by molar-refractivity contribution is 5.68. The van der Waals surface area contributed by atoms with Gasteiger partial charge in [0.1, 0.15) is 0 Å². The van der Waals surface area contributed by atoms with Crippen LogP contribution in [0.2, 0.25) is 0 Å². The number of carbonyl (C=O) groups is 1. The van der Waals surface area contributed by atoms with Crippen molar-refractivity contribution in [1.82, 2.24) is 5.32 Å². The summed E-state index contributed by atoms with van der Waals surface area (Å²) in [5, 5.41) is 11.7. The average molecular weight is 169 g/mol. The quantitative estimate of drug-likeness (QED) is 0.623. The van der Waals surface area contributed by atoms with Crippen LogP contribution in [0, 0.1) is 0 Å². The molecule has 0 bridgehead atoms. The maximum atomic E-state index is 10.2. The number of rotatable bonds is 3. The normalized spacial score (nSPS) is 24.5. The number of nitrogens with one attached hydrogen (secondary N) is 1. The van der Waals surface area contributed by atoms with Crippen molar-refractivity contribution >= 4 is 5.97 Å². The van der Waals surface area contributed by atoms with Crippen molar-refractivity contribution in [2.45, 2.75) is 31.7 Å². The summed E-state index contributed by atoms with van der Waals surface area (Å²) >= 11 is 0. The van der Waals surface area contributed by atoms with E-state index in [1.54, 1.807) is 6.08 Å². The molecule has 0 aromatic carbocycles. The van der Waals surface area contributed by atoms with Crippen molar-refractivity contribution in [3.63, 3.8) is 0 Å². The topological polar surface area (TPSA) is 49.3 Å². The van der Waals surface area contributed by atoms with Crippen LogP contribution in [-0.4, -0.2) is 23.7 Å². The lowest BCUT2D eigenvalue weighted by molar-refractivity contribution is -0.136. The molecule has 0 radical (unpaired) electrons. The van der Waals surface area contributed by atoms with Gasteiger partial charge in [-0.25, -0.2) is 0 Å². The fourth-order valence-electron chi connectivity index (χ4n) is 1.38. The van der Waals surface area contributed by atoms with Gasteiger partial charge < -0.3 is 10.4 Å². The smallest absolute Gasteiger partial charge is 0.307 e. The van der Waals surface area contributed by atoms with Gasteiger partial charge in [-0.3, -0.25) is 4.79 Å². The molecule has 12 heavy (non-hydrogen) atoms. The molecule has 0 amide bonds. The number of hydrogen-bond acceptors (Lipinski definition) is 2. The van der Waals surface area contributed by atoms with Crippen LogP contribution in [-0.2, 0) is 4.79 Å². The summed E-state index contributed by atoms with van der Waals surface area (Å²) in [7, 11) is 0. The molecule has 3 heteroatoms. The highest BCUT2D eigenvalue weighted by Gasteiger charge is 2.07. The van der Waals surface area contributed by atoms with Gasteiger partial charge in [-0.05, 0) is 19.4 Å². The molecule has 2 N–H and O–H groups in total. The molecular formula is C9H15NO2. The van der Waals surface area contributed by atoms with Crippen LogP contribution < -0.4 is 5.32 Å². The highest BCUT2D eigenvalue weighted by Crippen LogP contribution is 2.07. The van der Waals surface area contributed by atoms with Gasteiger partial charge in [-0.15, -0.1) is 0 Å². The molecular weight excluding hydrogens is 154 g/mol. The van der Waals surface area contributed by atoms with E-state index >= 15 is 0 Å². The second kappa shape index (κ2) is 4.93. The van der Waals surface area contributed by atoms with Gasteiger partial charge in [0.25, 0.3) is 0 Å². The number of aliphatic carboxylic acids is 1. The number of hydrogen-bond donors (Lipinski definition) is 2. The molecule has 1 rings (SSSR count). The molecule has 1 saturated heterocycles. The molecule has 0 saturated carbocycles. The van der Waals surface area contributed by atoms with Gasteiger partial charge in [0.2, 0.25) is 0 Å². The number of carboxylic acids is 1. The first-order valence-electron chi connectivity index (χ1n) is 4.41. The molecule has 0 aromatic rings. The zero-order valence-corrected chi connectivity index (χ0v) is 7.12. The third-order valence-corrected chi connectivity index (χ3v) is 2.01. The first-order chi connectivity index (χ1) is 5.79. The molecule has 1 aliphatic heterocycles. The molecule has 1 fully saturated rings. The summed E-state index contributed by atoms with van der Waals surface area (Å²) in [6, 6.07) is 0.401. The zero-order chi connectivity index (χ0) is 8.81. The Morgan fingerprint density at radius 2 is 2.42 bits per heavy atom. The minimum Gasteiger partial charge on any atom is -0.481 e. The Morgan fingerprint density at radius 1 is 1.58 bits per heavy atom. The third kappa shape index (κ3) is 3.53. The van der Waals surface area contributed by atoms with Crippen molar-refractivity contribution in [3.8, 4) is 0 Å². The summed E-state index contributed by atoms with van der Waals surface area (Å²) in [5.41, 5.74) is 0. The summed E-state index contributed by atoms with van der Waals surface area (Å²) in [6.45, 7) is 1.06. The lowest BCUT2D eigenvalue weighted by atomic mass is 10.0. The largest absolute Gasteiger partial charge is 0.481 e. The maximum absolute atomic E-state index is 10.2. The monoisotopic (exact) mass is 169 g/mol. The predicted octanol–water partition coefficient (Wildman–Crippen LogP) is 1.16. The summed E-state index contributed by atoms with van der Waals surface area (Å²) < 4.78 is 0. The van der Waals surface area contributed by atoms with Crippen molar-refractivity contribution in [2.24, 2.45) is 0 Å². The summed E-state index contributed by atoms with van der Waals surface area (Å²) in [4.78, 5) is 10.2. The van der Waals surface area contributed by atoms with E-state index in [0.29, 0.717) is 6.04 Å². The lowest BCUT2D eigenvalue weighted by Crippen LogP contribution is -2.32. The van der Waals surface area contributed by atoms with Crippen LogP contribution >= 0.6 is 0 Å². The van der Waals surface area contributed by atoms with Crippen LogP contribution in [0.4, 0.5) is 0 Å². The van der Waals surface area contributed by atoms with Gasteiger partial charge in [-0.2, -0.15) is 0 Å². The van der Waals surface area contributed by atoms with E-state index in [2.05, 4.69) is 5.32 Å². The van der Waals surface area contributed by atoms with E-state index in [1.807, 2.05) is 6.08 Å². The molecule has 0 spiro atoms. The zero-order valence-electron chi connectivity index (χ0n) is 7.12. The van der Waals surface area contributed by atoms with E-state index in [1.165, 1.54) is 12.8 Å². The van der Waals surface area contributed by atoms with E-state index in [-0.39, 0.29) is 6.42 Å². The Kier molecular flexibility index (Phi) is 3.80. The maximum Gasteiger partial charge on any atom is 0.307 e. The Labute approximate surface area is 72.5 Å². The van der Waals surface area contributed by atoms with Crippen LogP contribution in [0.1, 0.15) is 25.7 Å². The third-order valence-electron chi connectivity index (χ3n) is 2.01. The highest BCUT2D eigenvalue weighted by atomic mass is 16.4. The van der Waals surface area contributed by atoms with Gasteiger partial charge >= 0.3 is 5.97 Å². The number of piperidine rings is 1. The molecule has 1 heterocycles. The fourth-order valence-corrected chi connectivity index (χ4v) is 1.38. The minimum absolute atomic E-state index is 0.137. The van der Waals surface area contributed by atoms with Gasteiger partial charge in [-0.1, -0.05) is 18.6 Å².